The summed E-state index contributed by atoms with van der Waals surface area (Å²) in [7, 11) is 0. The van der Waals surface area contributed by atoms with Gasteiger partial charge in [0.05, 0.1) is 4.75 Å². The molecule has 0 saturated heterocycles. The Kier molecular flexibility index (Phi) is 10.8. The molecule has 7 N–H and O–H groups in total. The van der Waals surface area contributed by atoms with E-state index in [-0.39, 0.29) is 35.9 Å². The Labute approximate surface area is 282 Å². The van der Waals surface area contributed by atoms with Crippen LogP contribution in [-0.2, 0) is 35.1 Å². The van der Waals surface area contributed by atoms with E-state index < -0.39 is 52.7 Å². The van der Waals surface area contributed by atoms with Crippen molar-refractivity contribution in [2.24, 2.45) is 23.0 Å². The van der Waals surface area contributed by atoms with Crippen LogP contribution in [0.5, 0.6) is 0 Å². The van der Waals surface area contributed by atoms with Gasteiger partial charge in [0.15, 0.2) is 0 Å². The first-order valence-corrected chi connectivity index (χ1v) is 17.2. The maximum Gasteiger partial charge on any atom is 0.353 e. The van der Waals surface area contributed by atoms with Gasteiger partial charge in [-0.2, -0.15) is 0 Å². The minimum absolute atomic E-state index is 0.0507. The number of amides is 2. The van der Waals surface area contributed by atoms with Gasteiger partial charge in [0.25, 0.3) is 0 Å². The predicted molar refractivity (Wildman–Crippen MR) is 175 cm³/mol. The summed E-state index contributed by atoms with van der Waals surface area (Å²) in [5.74, 6) is -4.96. The highest BCUT2D eigenvalue weighted by Crippen LogP contribution is 2.64. The highest BCUT2D eigenvalue weighted by Gasteiger charge is 2.60. The first-order valence-electron chi connectivity index (χ1n) is 16.3. The molecule has 1 saturated carbocycles. The van der Waals surface area contributed by atoms with Crippen LogP contribution in [-0.4, -0.2) is 78.8 Å². The molecule has 0 bridgehead atoms. The lowest BCUT2D eigenvalue weighted by Crippen LogP contribution is -2.54. The summed E-state index contributed by atoms with van der Waals surface area (Å²) in [5, 5.41) is 32.8. The van der Waals surface area contributed by atoms with E-state index >= 15 is 0 Å². The average Bonchev–Trinajstić information content (AvgIpc) is 3.69. The number of nitrogens with two attached hydrogens (primary N) is 1. The molecular formula is C34H42N4O9S. The van der Waals surface area contributed by atoms with E-state index in [0.717, 1.165) is 55.2 Å². The van der Waals surface area contributed by atoms with Crippen molar-refractivity contribution in [2.75, 3.05) is 5.75 Å². The van der Waals surface area contributed by atoms with Crippen molar-refractivity contribution in [1.29, 1.82) is 0 Å². The Morgan fingerprint density at radius 1 is 1.12 bits per heavy atom. The van der Waals surface area contributed by atoms with Crippen molar-refractivity contribution in [1.82, 2.24) is 15.6 Å². The maximum atomic E-state index is 13.6. The van der Waals surface area contributed by atoms with E-state index in [9.17, 15) is 34.2 Å². The zero-order chi connectivity index (χ0) is 34.6. The van der Waals surface area contributed by atoms with Gasteiger partial charge < -0.3 is 36.4 Å². The van der Waals surface area contributed by atoms with Crippen LogP contribution in [0.4, 0.5) is 0 Å². The number of hydrogen-bond donors (Lipinski definition) is 6. The second-order valence-corrected chi connectivity index (χ2v) is 14.2. The van der Waals surface area contributed by atoms with E-state index in [1.54, 1.807) is 12.4 Å². The van der Waals surface area contributed by atoms with Crippen LogP contribution in [0.3, 0.4) is 0 Å². The molecular weight excluding hydrogens is 640 g/mol. The zero-order valence-corrected chi connectivity index (χ0v) is 27.5. The standard InChI is InChI=1S/C34H42N4O9S/c1-2-33(10-3-4-11-33)34(48-18-24(28(40)38-29(41)31(44)45)37-25(39)6-5-23(35)30(42)43)12-7-21-16-20(15-19-8-13-36-14-9-19)17-22-26(21)27(34)47-32(22)46/h7-9,12-14,17,21-24,29,41H,2-6,10-11,15-16,18,35H2,1H3,(H,37,39)(H,38,40)(H,42,43)(H,44,45). The molecule has 2 heterocycles. The normalized spacial score (nSPS) is 25.7. The van der Waals surface area contributed by atoms with Gasteiger partial charge >= 0.3 is 17.9 Å². The SMILES string of the molecule is CCC1(C2(SCC(NC(=O)CCC(N)C(=O)O)C(=O)NC(O)C(=O)O)C=CC3CC(Cc4ccncc4)=CC4C(=O)OC2=C34)CCCC1. The minimum Gasteiger partial charge on any atom is -0.480 e. The number of nitrogens with one attached hydrogen (secondary N) is 2. The molecule has 6 atom stereocenters. The number of aliphatic hydroxyl groups is 1. The second-order valence-electron chi connectivity index (χ2n) is 13.0. The summed E-state index contributed by atoms with van der Waals surface area (Å²) in [6.45, 7) is 2.10. The highest BCUT2D eigenvalue weighted by molar-refractivity contribution is 8.01. The molecule has 1 aromatic rings. The number of ether oxygens (including phenoxy) is 1. The van der Waals surface area contributed by atoms with Gasteiger partial charge in [0, 0.05) is 30.5 Å². The topological polar surface area (TPSA) is 218 Å². The first-order chi connectivity index (χ1) is 22.9. The quantitative estimate of drug-likeness (QED) is 0.0891. The van der Waals surface area contributed by atoms with Gasteiger partial charge in [-0.05, 0) is 67.2 Å². The van der Waals surface area contributed by atoms with Crippen molar-refractivity contribution >= 4 is 41.5 Å². The van der Waals surface area contributed by atoms with Crippen molar-refractivity contribution in [3.63, 3.8) is 0 Å². The largest absolute Gasteiger partial charge is 0.480 e. The molecule has 1 fully saturated rings. The van der Waals surface area contributed by atoms with Crippen molar-refractivity contribution in [3.05, 3.63) is 65.2 Å². The second kappa shape index (κ2) is 14.6. The summed E-state index contributed by atoms with van der Waals surface area (Å²) in [6.07, 6.45) is 12.9. The van der Waals surface area contributed by atoms with Crippen LogP contribution in [0.1, 0.15) is 63.9 Å². The molecule has 1 aromatic heterocycles. The van der Waals surface area contributed by atoms with Gasteiger partial charge in [0.1, 0.15) is 23.8 Å². The molecule has 6 unspecified atom stereocenters. The van der Waals surface area contributed by atoms with E-state index in [0.29, 0.717) is 12.2 Å². The number of thioether (sulfide) groups is 1. The summed E-state index contributed by atoms with van der Waals surface area (Å²) >= 11 is 1.36. The number of aliphatic carboxylic acids is 2. The third-order valence-electron chi connectivity index (χ3n) is 10.1. The molecule has 4 aliphatic rings. The lowest BCUT2D eigenvalue weighted by Gasteiger charge is -2.49. The Hall–Kier alpha value is -4.01. The monoisotopic (exact) mass is 682 g/mol. The summed E-state index contributed by atoms with van der Waals surface area (Å²) in [6, 6.07) is 1.31. The molecule has 0 radical (unpaired) electrons. The van der Waals surface area contributed by atoms with E-state index in [2.05, 4.69) is 29.4 Å². The molecule has 48 heavy (non-hydrogen) atoms. The fourth-order valence-electron chi connectivity index (χ4n) is 7.52. The lowest BCUT2D eigenvalue weighted by atomic mass is 9.64. The fraction of sp³-hybridized carbons (Fsp3) is 0.529. The number of carbonyl (C=O) groups excluding carboxylic acids is 3. The van der Waals surface area contributed by atoms with Crippen LogP contribution in [0.2, 0.25) is 0 Å². The summed E-state index contributed by atoms with van der Waals surface area (Å²) < 4.78 is 5.36. The maximum absolute atomic E-state index is 13.6. The van der Waals surface area contributed by atoms with E-state index in [1.165, 1.54) is 11.8 Å². The van der Waals surface area contributed by atoms with Crippen LogP contribution in [0.25, 0.3) is 0 Å². The zero-order valence-electron chi connectivity index (χ0n) is 26.7. The molecule has 5 rings (SSSR count). The van der Waals surface area contributed by atoms with Crippen LogP contribution >= 0.6 is 11.8 Å². The predicted octanol–water partition coefficient (Wildman–Crippen LogP) is 2.21. The number of nitrogens with zero attached hydrogens (tertiary/aromatic N) is 1. The van der Waals surface area contributed by atoms with Crippen molar-refractivity contribution in [3.8, 4) is 0 Å². The Morgan fingerprint density at radius 3 is 2.48 bits per heavy atom. The molecule has 0 spiro atoms. The number of pyridine rings is 1. The number of rotatable bonds is 15. The molecule has 2 amide bonds. The van der Waals surface area contributed by atoms with Crippen molar-refractivity contribution in [2.45, 2.75) is 87.8 Å². The minimum atomic E-state index is -2.21. The van der Waals surface area contributed by atoms with Gasteiger partial charge in [-0.15, -0.1) is 11.8 Å². The molecule has 258 valence electrons. The number of aromatic nitrogens is 1. The number of carbonyl (C=O) groups is 5. The number of aliphatic hydroxyl groups excluding tert-OH is 1. The van der Waals surface area contributed by atoms with Gasteiger partial charge in [-0.3, -0.25) is 24.2 Å². The van der Waals surface area contributed by atoms with Gasteiger partial charge in [-0.1, -0.05) is 43.6 Å². The average molecular weight is 683 g/mol. The third-order valence-corrected chi connectivity index (χ3v) is 11.8. The first kappa shape index (κ1) is 35.3. The summed E-state index contributed by atoms with van der Waals surface area (Å²) in [5.41, 5.74) is 8.37. The Morgan fingerprint density at radius 2 is 1.83 bits per heavy atom. The smallest absolute Gasteiger partial charge is 0.353 e. The van der Waals surface area contributed by atoms with Gasteiger partial charge in [0.2, 0.25) is 18.0 Å². The Bertz CT molecular complexity index is 1540. The van der Waals surface area contributed by atoms with Crippen LogP contribution in [0, 0.1) is 17.3 Å². The third kappa shape index (κ3) is 7.06. The Balaban J connectivity index is 1.47. The fourth-order valence-corrected chi connectivity index (χ4v) is 9.31. The molecule has 3 aliphatic carbocycles. The molecule has 14 heteroatoms. The molecule has 1 aliphatic heterocycles. The number of carboxylic acids is 2. The molecule has 0 aromatic carbocycles. The number of carboxylic acid groups (broad SMARTS) is 2. The van der Waals surface area contributed by atoms with Gasteiger partial charge in [-0.25, -0.2) is 4.79 Å². The molecule has 13 nitrogen and oxygen atoms in total. The number of esters is 1. The highest BCUT2D eigenvalue weighted by atomic mass is 32.2. The van der Waals surface area contributed by atoms with Crippen LogP contribution < -0.4 is 16.4 Å². The van der Waals surface area contributed by atoms with E-state index in [1.807, 2.05) is 23.5 Å². The number of hydrogen-bond acceptors (Lipinski definition) is 10. The van der Waals surface area contributed by atoms with Crippen molar-refractivity contribution < 1.29 is 44.0 Å². The van der Waals surface area contributed by atoms with Crippen LogP contribution in [0.15, 0.2) is 59.7 Å². The van der Waals surface area contributed by atoms with E-state index in [4.69, 9.17) is 15.6 Å². The number of allylic oxidation sites excluding steroid dienone is 2. The lowest BCUT2D eigenvalue weighted by molar-refractivity contribution is -0.151. The summed E-state index contributed by atoms with van der Waals surface area (Å²) in [4.78, 5) is 66.3.